The van der Waals surface area contributed by atoms with Gasteiger partial charge in [0.1, 0.15) is 12.4 Å². The Morgan fingerprint density at radius 3 is 2.30 bits per heavy atom. The molecule has 1 atom stereocenters. The SMILES string of the molecule is CC(Nc1nccc(N2CC(O)(O)N(C(C)(O)O)C2=O)n1)c1ccc(-c2cccc(C(C)(F)F)c2)cn1.CCC. The van der Waals surface area contributed by atoms with Gasteiger partial charge >= 0.3 is 6.03 Å². The summed E-state index contributed by atoms with van der Waals surface area (Å²) >= 11 is 0. The number of halogens is 2. The first-order valence-electron chi connectivity index (χ1n) is 12.6. The van der Waals surface area contributed by atoms with Crippen LogP contribution in [0, 0.1) is 0 Å². The van der Waals surface area contributed by atoms with Crippen LogP contribution in [0.1, 0.15) is 58.3 Å². The van der Waals surface area contributed by atoms with E-state index in [-0.39, 0.29) is 22.2 Å². The standard InChI is InChI=1S/C24H26F2N6O5.C3H8/c1-14(18-8-7-16(12-28-18)15-5-4-6-17(11-15)22(2,25)26)29-20-27-10-9-19(30-20)31-13-24(36,37)32(21(31)33)23(3,34)35;1-3-2/h4-12,14,34-37H,13H2,1-3H3,(H,27,29,30);3H2,1-2H3. The van der Waals surface area contributed by atoms with E-state index in [9.17, 15) is 34.0 Å². The lowest BCUT2D eigenvalue weighted by molar-refractivity contribution is -0.339. The van der Waals surface area contributed by atoms with Gasteiger partial charge in [0.05, 0.1) is 11.7 Å². The summed E-state index contributed by atoms with van der Waals surface area (Å²) in [5, 5.41) is 42.8. The summed E-state index contributed by atoms with van der Waals surface area (Å²) in [5.41, 5.74) is 1.76. The molecule has 1 saturated heterocycles. The van der Waals surface area contributed by atoms with Crippen molar-refractivity contribution in [2.75, 3.05) is 16.8 Å². The molecule has 2 amide bonds. The van der Waals surface area contributed by atoms with Gasteiger partial charge in [-0.15, -0.1) is 0 Å². The van der Waals surface area contributed by atoms with E-state index >= 15 is 0 Å². The summed E-state index contributed by atoms with van der Waals surface area (Å²) in [6.45, 7) is 7.00. The van der Waals surface area contributed by atoms with E-state index < -0.39 is 36.4 Å². The highest BCUT2D eigenvalue weighted by Crippen LogP contribution is 2.32. The Bertz CT molecular complexity index is 1310. The van der Waals surface area contributed by atoms with Crippen molar-refractivity contribution >= 4 is 17.8 Å². The summed E-state index contributed by atoms with van der Waals surface area (Å²) in [6.07, 6.45) is 4.16. The molecule has 1 aliphatic heterocycles. The number of β-amino-alcohol motifs (C(OH)–C–C–N with tert-alkyl or cyclic N) is 2. The molecule has 11 nitrogen and oxygen atoms in total. The van der Waals surface area contributed by atoms with Crippen LogP contribution in [0.3, 0.4) is 0 Å². The molecular weight excluding hydrogens is 526 g/mol. The molecule has 0 radical (unpaired) electrons. The fourth-order valence-electron chi connectivity index (χ4n) is 3.96. The van der Waals surface area contributed by atoms with Gasteiger partial charge in [0.25, 0.3) is 17.7 Å². The minimum absolute atomic E-state index is 0.00941. The van der Waals surface area contributed by atoms with Gasteiger partial charge in [0.2, 0.25) is 5.95 Å². The first-order valence-corrected chi connectivity index (χ1v) is 12.6. The molecule has 0 spiro atoms. The first kappa shape index (κ1) is 30.8. The van der Waals surface area contributed by atoms with E-state index in [2.05, 4.69) is 34.1 Å². The van der Waals surface area contributed by atoms with E-state index in [1.807, 2.05) is 0 Å². The molecule has 5 N–H and O–H groups in total. The van der Waals surface area contributed by atoms with E-state index in [4.69, 9.17) is 0 Å². The van der Waals surface area contributed by atoms with Crippen LogP contribution in [0.2, 0.25) is 0 Å². The molecule has 0 aliphatic carbocycles. The molecule has 0 saturated carbocycles. The number of aliphatic hydroxyl groups is 4. The maximum absolute atomic E-state index is 13.7. The summed E-state index contributed by atoms with van der Waals surface area (Å²) in [5.74, 6) is -8.55. The molecule has 2 aromatic heterocycles. The van der Waals surface area contributed by atoms with Crippen LogP contribution in [-0.2, 0) is 5.92 Å². The van der Waals surface area contributed by atoms with Gasteiger partial charge in [0, 0.05) is 37.4 Å². The van der Waals surface area contributed by atoms with E-state index in [1.165, 1.54) is 30.8 Å². The molecule has 40 heavy (non-hydrogen) atoms. The molecular formula is C27H34F2N6O5. The van der Waals surface area contributed by atoms with Gasteiger partial charge in [-0.25, -0.2) is 23.5 Å². The number of carbonyl (C=O) groups is 1. The van der Waals surface area contributed by atoms with Crippen molar-refractivity contribution in [3.05, 3.63) is 66.1 Å². The number of alkyl halides is 2. The van der Waals surface area contributed by atoms with Crippen LogP contribution in [0.25, 0.3) is 11.1 Å². The van der Waals surface area contributed by atoms with Crippen molar-refractivity contribution in [1.82, 2.24) is 19.9 Å². The Hall–Kier alpha value is -3.78. The number of nitrogens with one attached hydrogen (secondary N) is 1. The van der Waals surface area contributed by atoms with Gasteiger partial charge < -0.3 is 25.7 Å². The van der Waals surface area contributed by atoms with E-state index in [0.717, 1.165) is 18.7 Å². The Labute approximate surface area is 230 Å². The zero-order valence-corrected chi connectivity index (χ0v) is 22.9. The Balaban J connectivity index is 0.00000141. The van der Waals surface area contributed by atoms with E-state index in [0.29, 0.717) is 16.8 Å². The van der Waals surface area contributed by atoms with Crippen LogP contribution in [0.5, 0.6) is 0 Å². The van der Waals surface area contributed by atoms with Crippen molar-refractivity contribution in [3.63, 3.8) is 0 Å². The van der Waals surface area contributed by atoms with Crippen LogP contribution < -0.4 is 10.2 Å². The number of anilines is 2. The molecule has 1 aromatic carbocycles. The van der Waals surface area contributed by atoms with Gasteiger partial charge in [-0.1, -0.05) is 44.5 Å². The van der Waals surface area contributed by atoms with Crippen LogP contribution in [0.15, 0.2) is 54.9 Å². The molecule has 216 valence electrons. The maximum atomic E-state index is 13.7. The molecule has 1 aliphatic rings. The zero-order chi connectivity index (χ0) is 29.9. The Morgan fingerprint density at radius 1 is 1.07 bits per heavy atom. The molecule has 3 heterocycles. The highest BCUT2D eigenvalue weighted by atomic mass is 19.3. The topological polar surface area (TPSA) is 155 Å². The second-order valence-electron chi connectivity index (χ2n) is 9.70. The highest BCUT2D eigenvalue weighted by molar-refractivity contribution is 5.94. The van der Waals surface area contributed by atoms with Crippen molar-refractivity contribution in [3.8, 4) is 11.1 Å². The number of rotatable bonds is 7. The minimum atomic E-state index is -2.96. The minimum Gasteiger partial charge on any atom is -0.349 e. The largest absolute Gasteiger partial charge is 0.349 e. The molecule has 0 bridgehead atoms. The van der Waals surface area contributed by atoms with Crippen molar-refractivity contribution in [1.29, 1.82) is 0 Å². The number of aromatic nitrogens is 3. The lowest BCUT2D eigenvalue weighted by Crippen LogP contribution is -2.58. The zero-order valence-electron chi connectivity index (χ0n) is 22.9. The van der Waals surface area contributed by atoms with Gasteiger partial charge in [-0.3, -0.25) is 9.88 Å². The predicted molar refractivity (Wildman–Crippen MR) is 144 cm³/mol. The first-order chi connectivity index (χ1) is 18.6. The third-order valence-electron chi connectivity index (χ3n) is 5.77. The number of urea groups is 1. The monoisotopic (exact) mass is 560 g/mol. The lowest BCUT2D eigenvalue weighted by Gasteiger charge is -2.34. The highest BCUT2D eigenvalue weighted by Gasteiger charge is 2.55. The number of benzene rings is 1. The van der Waals surface area contributed by atoms with Gasteiger partial charge in [-0.2, -0.15) is 4.98 Å². The smallest absolute Gasteiger partial charge is 0.334 e. The molecule has 4 rings (SSSR count). The van der Waals surface area contributed by atoms with Gasteiger partial charge in [0.15, 0.2) is 0 Å². The quantitative estimate of drug-likeness (QED) is 0.272. The van der Waals surface area contributed by atoms with Gasteiger partial charge in [-0.05, 0) is 30.7 Å². The predicted octanol–water partition coefficient (Wildman–Crippen LogP) is 3.78. The lowest BCUT2D eigenvalue weighted by atomic mass is 10.0. The number of carbonyl (C=O) groups excluding carboxylic acids is 1. The summed E-state index contributed by atoms with van der Waals surface area (Å²) < 4.78 is 27.4. The van der Waals surface area contributed by atoms with Crippen LogP contribution in [-0.4, -0.2) is 64.7 Å². The number of nitrogens with zero attached hydrogens (tertiary/aromatic N) is 5. The second kappa shape index (κ2) is 11.8. The van der Waals surface area contributed by atoms with Crippen molar-refractivity contribution in [2.45, 2.75) is 64.8 Å². The van der Waals surface area contributed by atoms with Crippen LogP contribution >= 0.6 is 0 Å². The van der Waals surface area contributed by atoms with Crippen LogP contribution in [0.4, 0.5) is 25.3 Å². The normalized spacial score (nSPS) is 15.9. The fraction of sp³-hybridized carbons (Fsp3) is 0.407. The fourth-order valence-corrected chi connectivity index (χ4v) is 3.96. The number of hydrogen-bond acceptors (Lipinski definition) is 9. The molecule has 1 unspecified atom stereocenters. The molecule has 1 fully saturated rings. The van der Waals surface area contributed by atoms with Crippen molar-refractivity contribution in [2.24, 2.45) is 0 Å². The van der Waals surface area contributed by atoms with E-state index in [1.54, 1.807) is 37.4 Å². The number of amides is 2. The molecule has 3 aromatic rings. The molecule has 13 heteroatoms. The maximum Gasteiger partial charge on any atom is 0.334 e. The Kier molecular flexibility index (Phi) is 9.04. The summed E-state index contributed by atoms with van der Waals surface area (Å²) in [6, 6.07) is 9.40. The summed E-state index contributed by atoms with van der Waals surface area (Å²) in [4.78, 5) is 26.3. The average Bonchev–Trinajstić information content (AvgIpc) is 3.13. The summed E-state index contributed by atoms with van der Waals surface area (Å²) in [7, 11) is 0. The average molecular weight is 561 g/mol. The third kappa shape index (κ3) is 7.04. The Morgan fingerprint density at radius 2 is 1.75 bits per heavy atom. The second-order valence-corrected chi connectivity index (χ2v) is 9.70. The number of pyridine rings is 1. The number of hydrogen-bond donors (Lipinski definition) is 5. The third-order valence-corrected chi connectivity index (χ3v) is 5.77. The van der Waals surface area contributed by atoms with Crippen molar-refractivity contribution < 1.29 is 34.0 Å².